The Labute approximate surface area is 118 Å². The van der Waals surface area contributed by atoms with Crippen molar-refractivity contribution in [1.82, 2.24) is 0 Å². The molecule has 10 heteroatoms. The monoisotopic (exact) mass is 316 g/mol. The van der Waals surface area contributed by atoms with Crippen LogP contribution in [0.1, 0.15) is 0 Å². The zero-order chi connectivity index (χ0) is 15.3. The lowest BCUT2D eigenvalue weighted by molar-refractivity contribution is -0.297. The highest BCUT2D eigenvalue weighted by atomic mass is 32.3. The van der Waals surface area contributed by atoms with Gasteiger partial charge in [0.2, 0.25) is 0 Å². The summed E-state index contributed by atoms with van der Waals surface area (Å²) in [5.41, 5.74) is 0. The first-order valence-corrected chi connectivity index (χ1v) is 7.13. The molecule has 1 saturated heterocycles. The van der Waals surface area contributed by atoms with Crippen molar-refractivity contribution >= 4 is 10.4 Å². The lowest BCUT2D eigenvalue weighted by Gasteiger charge is -2.43. The summed E-state index contributed by atoms with van der Waals surface area (Å²) in [6, 6.07) is 0. The van der Waals surface area contributed by atoms with Gasteiger partial charge in [-0.3, -0.25) is 4.55 Å². The van der Waals surface area contributed by atoms with Gasteiger partial charge in [0, 0.05) is 28.4 Å². The van der Waals surface area contributed by atoms with Crippen LogP contribution in [-0.4, -0.2) is 78.7 Å². The molecular formula is C10H20O9S. The zero-order valence-electron chi connectivity index (χ0n) is 11.7. The number of rotatable bonds is 7. The van der Waals surface area contributed by atoms with Gasteiger partial charge in [-0.05, 0) is 0 Å². The molecule has 1 rings (SSSR count). The van der Waals surface area contributed by atoms with Gasteiger partial charge in [-0.2, -0.15) is 8.42 Å². The Kier molecular flexibility index (Phi) is 6.75. The summed E-state index contributed by atoms with van der Waals surface area (Å²) >= 11 is 0. The van der Waals surface area contributed by atoms with E-state index in [1.165, 1.54) is 28.4 Å². The number of hydrogen-bond acceptors (Lipinski definition) is 8. The Morgan fingerprint density at radius 2 is 1.60 bits per heavy atom. The first kappa shape index (κ1) is 17.7. The molecule has 0 aromatic carbocycles. The smallest absolute Gasteiger partial charge is 0.382 e. The predicted octanol–water partition coefficient (Wildman–Crippen LogP) is -0.778. The first-order valence-electron chi connectivity index (χ1n) is 5.76. The molecule has 0 aromatic heterocycles. The van der Waals surface area contributed by atoms with Crippen molar-refractivity contribution in [3.8, 4) is 0 Å². The largest absolute Gasteiger partial charge is 0.397 e. The van der Waals surface area contributed by atoms with Crippen LogP contribution in [-0.2, 0) is 38.3 Å². The minimum absolute atomic E-state index is 0.191. The minimum Gasteiger partial charge on any atom is -0.382 e. The van der Waals surface area contributed by atoms with E-state index in [1.807, 2.05) is 0 Å². The third kappa shape index (κ3) is 4.33. The molecule has 9 nitrogen and oxygen atoms in total. The van der Waals surface area contributed by atoms with E-state index in [-0.39, 0.29) is 6.61 Å². The molecule has 0 aliphatic carbocycles. The molecule has 0 saturated carbocycles. The third-order valence-corrected chi connectivity index (χ3v) is 3.40. The molecule has 0 bridgehead atoms. The number of hydrogen-bond donors (Lipinski definition) is 1. The van der Waals surface area contributed by atoms with Gasteiger partial charge in [-0.15, -0.1) is 0 Å². The summed E-state index contributed by atoms with van der Waals surface area (Å²) in [6.45, 7) is 0.191. The first-order chi connectivity index (χ1) is 9.37. The molecule has 0 aromatic rings. The van der Waals surface area contributed by atoms with Crippen LogP contribution in [0, 0.1) is 0 Å². The van der Waals surface area contributed by atoms with E-state index in [0.717, 1.165) is 0 Å². The Morgan fingerprint density at radius 3 is 2.00 bits per heavy atom. The van der Waals surface area contributed by atoms with Crippen molar-refractivity contribution in [2.24, 2.45) is 0 Å². The Morgan fingerprint density at radius 1 is 1.00 bits per heavy atom. The Balaban J connectivity index is 3.01. The second-order valence-corrected chi connectivity index (χ2v) is 5.17. The highest BCUT2D eigenvalue weighted by molar-refractivity contribution is 7.80. The van der Waals surface area contributed by atoms with E-state index < -0.39 is 41.1 Å². The fourth-order valence-corrected chi connectivity index (χ4v) is 2.64. The summed E-state index contributed by atoms with van der Waals surface area (Å²) in [4.78, 5) is 0. The van der Waals surface area contributed by atoms with Crippen LogP contribution in [0.25, 0.3) is 0 Å². The molecule has 1 fully saturated rings. The molecule has 0 spiro atoms. The number of ether oxygens (including phenoxy) is 5. The van der Waals surface area contributed by atoms with Gasteiger partial charge < -0.3 is 23.7 Å². The molecule has 120 valence electrons. The van der Waals surface area contributed by atoms with E-state index in [4.69, 9.17) is 28.2 Å². The van der Waals surface area contributed by atoms with Gasteiger partial charge in [-0.25, -0.2) is 4.18 Å². The minimum atomic E-state index is -4.70. The Bertz CT molecular complexity index is 384. The standard InChI is InChI=1S/C10H20O9S/c1-14-5-6-7(15-2)8(16-3)9(10(17-4)18-6)19-20(11,12)13/h6-10H,5H2,1-4H3,(H,11,12,13)/t6-,7+,8?,9?,10-/m0/s1. The van der Waals surface area contributed by atoms with Gasteiger partial charge in [0.25, 0.3) is 0 Å². The Hall–Kier alpha value is -0.330. The molecule has 5 atom stereocenters. The fourth-order valence-electron chi connectivity index (χ4n) is 2.16. The lowest BCUT2D eigenvalue weighted by atomic mass is 9.99. The molecule has 20 heavy (non-hydrogen) atoms. The molecule has 2 unspecified atom stereocenters. The fraction of sp³-hybridized carbons (Fsp3) is 1.00. The van der Waals surface area contributed by atoms with Crippen LogP contribution in [0.3, 0.4) is 0 Å². The normalized spacial score (nSPS) is 35.1. The van der Waals surface area contributed by atoms with Gasteiger partial charge in [0.05, 0.1) is 6.61 Å². The van der Waals surface area contributed by atoms with E-state index in [9.17, 15) is 8.42 Å². The van der Waals surface area contributed by atoms with Gasteiger partial charge in [0.15, 0.2) is 12.4 Å². The van der Waals surface area contributed by atoms with Gasteiger partial charge >= 0.3 is 10.4 Å². The molecule has 0 amide bonds. The van der Waals surface area contributed by atoms with Crippen molar-refractivity contribution in [1.29, 1.82) is 0 Å². The zero-order valence-corrected chi connectivity index (χ0v) is 12.5. The SMILES string of the molecule is COC[C@@H]1O[C@H](OC)C(OS(=O)(=O)O)C(OC)[C@@H]1OC. The van der Waals surface area contributed by atoms with Crippen LogP contribution >= 0.6 is 0 Å². The maximum Gasteiger partial charge on any atom is 0.397 e. The summed E-state index contributed by atoms with van der Waals surface area (Å²) in [6.07, 6.45) is -4.30. The third-order valence-electron chi connectivity index (χ3n) is 2.93. The molecule has 1 N–H and O–H groups in total. The maximum absolute atomic E-state index is 10.9. The molecular weight excluding hydrogens is 296 g/mol. The summed E-state index contributed by atoms with van der Waals surface area (Å²) < 4.78 is 61.3. The van der Waals surface area contributed by atoms with E-state index >= 15 is 0 Å². The highest BCUT2D eigenvalue weighted by Crippen LogP contribution is 2.28. The van der Waals surface area contributed by atoms with Gasteiger partial charge in [-0.1, -0.05) is 0 Å². The highest BCUT2D eigenvalue weighted by Gasteiger charge is 2.49. The second-order valence-electron chi connectivity index (χ2n) is 4.12. The summed E-state index contributed by atoms with van der Waals surface area (Å²) in [7, 11) is 0.880. The lowest BCUT2D eigenvalue weighted by Crippen LogP contribution is -2.61. The number of methoxy groups -OCH3 is 4. The molecule has 1 aliphatic heterocycles. The average Bonchev–Trinajstić information content (AvgIpc) is 2.37. The second kappa shape index (κ2) is 7.61. The maximum atomic E-state index is 10.9. The van der Waals surface area contributed by atoms with Crippen molar-refractivity contribution < 1.29 is 40.8 Å². The van der Waals surface area contributed by atoms with E-state index in [1.54, 1.807) is 0 Å². The topological polar surface area (TPSA) is 110 Å². The van der Waals surface area contributed by atoms with Crippen LogP contribution in [0.2, 0.25) is 0 Å². The molecule has 1 aliphatic rings. The van der Waals surface area contributed by atoms with Crippen molar-refractivity contribution in [2.45, 2.75) is 30.7 Å². The molecule has 0 radical (unpaired) electrons. The van der Waals surface area contributed by atoms with E-state index in [2.05, 4.69) is 4.18 Å². The molecule has 1 heterocycles. The van der Waals surface area contributed by atoms with Crippen molar-refractivity contribution in [3.05, 3.63) is 0 Å². The summed E-state index contributed by atoms with van der Waals surface area (Å²) in [5, 5.41) is 0. The van der Waals surface area contributed by atoms with Gasteiger partial charge in [0.1, 0.15) is 18.3 Å². The van der Waals surface area contributed by atoms with Crippen LogP contribution in [0.15, 0.2) is 0 Å². The summed E-state index contributed by atoms with van der Waals surface area (Å²) in [5.74, 6) is 0. The van der Waals surface area contributed by atoms with Crippen LogP contribution in [0.5, 0.6) is 0 Å². The van der Waals surface area contributed by atoms with Crippen molar-refractivity contribution in [2.75, 3.05) is 35.0 Å². The van der Waals surface area contributed by atoms with E-state index in [0.29, 0.717) is 0 Å². The van der Waals surface area contributed by atoms with Crippen molar-refractivity contribution in [3.63, 3.8) is 0 Å². The van der Waals surface area contributed by atoms with Crippen LogP contribution in [0.4, 0.5) is 0 Å². The average molecular weight is 316 g/mol. The quantitative estimate of drug-likeness (QED) is 0.605. The van der Waals surface area contributed by atoms with Crippen LogP contribution < -0.4 is 0 Å². The predicted molar refractivity (Wildman–Crippen MR) is 65.6 cm³/mol.